The number of halogens is 1. The largest absolute Gasteiger partial charge is 0.310 e. The maximum atomic E-state index is 11.4. The Labute approximate surface area is 151 Å². The molecule has 0 aromatic carbocycles. The SMILES string of the molecule is C=CC(=O)Nc1cccc(-c2cnc(C)c(/C(Cl)=C\C3CCN3)c2)n1. The van der Waals surface area contributed by atoms with E-state index in [1.807, 2.05) is 31.2 Å². The van der Waals surface area contributed by atoms with Gasteiger partial charge in [-0.25, -0.2) is 4.98 Å². The first-order valence-electron chi connectivity index (χ1n) is 8.05. The summed E-state index contributed by atoms with van der Waals surface area (Å²) in [5.74, 6) is 0.163. The van der Waals surface area contributed by atoms with Gasteiger partial charge in [0.05, 0.1) is 5.69 Å². The minimum atomic E-state index is -0.300. The summed E-state index contributed by atoms with van der Waals surface area (Å²) in [7, 11) is 0. The van der Waals surface area contributed by atoms with Crippen molar-refractivity contribution in [3.05, 3.63) is 60.5 Å². The van der Waals surface area contributed by atoms with Crippen molar-refractivity contribution in [2.75, 3.05) is 11.9 Å². The molecule has 128 valence electrons. The van der Waals surface area contributed by atoms with Crippen molar-refractivity contribution in [3.63, 3.8) is 0 Å². The van der Waals surface area contributed by atoms with Gasteiger partial charge in [-0.15, -0.1) is 0 Å². The number of anilines is 1. The average Bonchev–Trinajstić information content (AvgIpc) is 2.58. The number of aromatic nitrogens is 2. The van der Waals surface area contributed by atoms with Crippen molar-refractivity contribution >= 4 is 28.4 Å². The average molecular weight is 355 g/mol. The van der Waals surface area contributed by atoms with Crippen molar-refractivity contribution < 1.29 is 4.79 Å². The van der Waals surface area contributed by atoms with E-state index >= 15 is 0 Å². The van der Waals surface area contributed by atoms with Crippen molar-refractivity contribution in [2.24, 2.45) is 0 Å². The Morgan fingerprint density at radius 3 is 2.96 bits per heavy atom. The lowest BCUT2D eigenvalue weighted by Gasteiger charge is -2.24. The third-order valence-corrected chi connectivity index (χ3v) is 4.36. The van der Waals surface area contributed by atoms with E-state index in [0.717, 1.165) is 29.8 Å². The summed E-state index contributed by atoms with van der Waals surface area (Å²) < 4.78 is 0. The van der Waals surface area contributed by atoms with Crippen molar-refractivity contribution in [1.29, 1.82) is 0 Å². The molecule has 1 fully saturated rings. The van der Waals surface area contributed by atoms with Crippen LogP contribution in [0.4, 0.5) is 5.82 Å². The van der Waals surface area contributed by atoms with Crippen molar-refractivity contribution in [1.82, 2.24) is 15.3 Å². The van der Waals surface area contributed by atoms with Crippen LogP contribution in [0.3, 0.4) is 0 Å². The summed E-state index contributed by atoms with van der Waals surface area (Å²) in [5, 5.41) is 6.64. The molecule has 5 nitrogen and oxygen atoms in total. The van der Waals surface area contributed by atoms with Crippen LogP contribution in [0, 0.1) is 6.92 Å². The molecule has 0 spiro atoms. The number of rotatable bonds is 5. The fourth-order valence-corrected chi connectivity index (χ4v) is 2.82. The Kier molecular flexibility index (Phi) is 5.26. The molecule has 1 aliphatic heterocycles. The maximum Gasteiger partial charge on any atom is 0.248 e. The van der Waals surface area contributed by atoms with Gasteiger partial charge in [0.2, 0.25) is 5.91 Å². The van der Waals surface area contributed by atoms with E-state index < -0.39 is 0 Å². The molecule has 0 saturated carbocycles. The molecule has 2 N–H and O–H groups in total. The molecule has 1 unspecified atom stereocenters. The Hall–Kier alpha value is -2.50. The zero-order chi connectivity index (χ0) is 17.8. The number of amides is 1. The minimum Gasteiger partial charge on any atom is -0.310 e. The van der Waals surface area contributed by atoms with E-state index in [2.05, 4.69) is 27.2 Å². The van der Waals surface area contributed by atoms with Crippen LogP contribution >= 0.6 is 11.6 Å². The summed E-state index contributed by atoms with van der Waals surface area (Å²) >= 11 is 6.49. The van der Waals surface area contributed by atoms with Crippen LogP contribution in [0.2, 0.25) is 0 Å². The second-order valence-corrected chi connectivity index (χ2v) is 6.23. The Balaban J connectivity index is 1.91. The standard InChI is InChI=1S/C19H19ClN4O/c1-3-19(25)24-18-6-4-5-17(23-18)13-9-15(12(2)22-11-13)16(20)10-14-7-8-21-14/h3-6,9-11,14,21H,1,7-8H2,2H3,(H,23,24,25)/b16-10+. The molecule has 1 saturated heterocycles. The molecule has 2 aromatic heterocycles. The van der Waals surface area contributed by atoms with Gasteiger partial charge in [-0.2, -0.15) is 0 Å². The van der Waals surface area contributed by atoms with Crippen LogP contribution < -0.4 is 10.6 Å². The highest BCUT2D eigenvalue weighted by molar-refractivity contribution is 6.49. The lowest BCUT2D eigenvalue weighted by atomic mass is 10.0. The number of hydrogen-bond donors (Lipinski definition) is 2. The number of aryl methyl sites for hydroxylation is 1. The zero-order valence-corrected chi connectivity index (χ0v) is 14.7. The van der Waals surface area contributed by atoms with Crippen LogP contribution in [-0.2, 0) is 4.79 Å². The number of hydrogen-bond acceptors (Lipinski definition) is 4. The number of pyridine rings is 2. The molecule has 1 atom stereocenters. The van der Waals surface area contributed by atoms with Gasteiger partial charge in [0.15, 0.2) is 0 Å². The van der Waals surface area contributed by atoms with E-state index in [-0.39, 0.29) is 5.91 Å². The van der Waals surface area contributed by atoms with Crippen LogP contribution in [0.5, 0.6) is 0 Å². The molecular weight excluding hydrogens is 336 g/mol. The minimum absolute atomic E-state index is 0.300. The summed E-state index contributed by atoms with van der Waals surface area (Å²) in [6, 6.07) is 7.72. The molecule has 1 aliphatic rings. The Morgan fingerprint density at radius 2 is 2.28 bits per heavy atom. The quantitative estimate of drug-likeness (QED) is 0.806. The molecule has 6 heteroatoms. The summed E-state index contributed by atoms with van der Waals surface area (Å²) in [4.78, 5) is 20.3. The first-order chi connectivity index (χ1) is 12.1. The third-order valence-electron chi connectivity index (χ3n) is 4.04. The Bertz CT molecular complexity index is 843. The summed E-state index contributed by atoms with van der Waals surface area (Å²) in [6.07, 6.45) is 6.08. The fourth-order valence-electron chi connectivity index (χ4n) is 2.48. The summed E-state index contributed by atoms with van der Waals surface area (Å²) in [6.45, 7) is 6.39. The fraction of sp³-hybridized carbons (Fsp3) is 0.211. The number of nitrogens with zero attached hydrogens (tertiary/aromatic N) is 2. The Morgan fingerprint density at radius 1 is 1.48 bits per heavy atom. The number of nitrogens with one attached hydrogen (secondary N) is 2. The number of carbonyl (C=O) groups is 1. The van der Waals surface area contributed by atoms with E-state index in [1.165, 1.54) is 6.08 Å². The monoisotopic (exact) mass is 354 g/mol. The van der Waals surface area contributed by atoms with E-state index in [1.54, 1.807) is 12.3 Å². The van der Waals surface area contributed by atoms with Crippen LogP contribution in [0.1, 0.15) is 17.7 Å². The second-order valence-electron chi connectivity index (χ2n) is 5.82. The van der Waals surface area contributed by atoms with E-state index in [9.17, 15) is 4.79 Å². The molecule has 1 amide bonds. The van der Waals surface area contributed by atoms with Gasteiger partial charge in [-0.3, -0.25) is 9.78 Å². The predicted molar refractivity (Wildman–Crippen MR) is 101 cm³/mol. The topological polar surface area (TPSA) is 66.9 Å². The second kappa shape index (κ2) is 7.59. The van der Waals surface area contributed by atoms with Gasteiger partial charge in [0.25, 0.3) is 0 Å². The van der Waals surface area contributed by atoms with E-state index in [0.29, 0.717) is 22.6 Å². The van der Waals surface area contributed by atoms with Gasteiger partial charge in [-0.05, 0) is 50.2 Å². The highest BCUT2D eigenvalue weighted by Crippen LogP contribution is 2.28. The van der Waals surface area contributed by atoms with Gasteiger partial charge in [0, 0.05) is 34.1 Å². The first-order valence-corrected chi connectivity index (χ1v) is 8.43. The maximum absolute atomic E-state index is 11.4. The van der Waals surface area contributed by atoms with Gasteiger partial charge in [-0.1, -0.05) is 24.2 Å². The lowest BCUT2D eigenvalue weighted by Crippen LogP contribution is -2.41. The van der Waals surface area contributed by atoms with Gasteiger partial charge >= 0.3 is 0 Å². The van der Waals surface area contributed by atoms with Crippen molar-refractivity contribution in [3.8, 4) is 11.3 Å². The van der Waals surface area contributed by atoms with Crippen LogP contribution in [0.15, 0.2) is 49.2 Å². The molecule has 0 bridgehead atoms. The van der Waals surface area contributed by atoms with Crippen molar-refractivity contribution in [2.45, 2.75) is 19.4 Å². The summed E-state index contributed by atoms with van der Waals surface area (Å²) in [5.41, 5.74) is 3.29. The van der Waals surface area contributed by atoms with Crippen LogP contribution in [0.25, 0.3) is 16.3 Å². The van der Waals surface area contributed by atoms with Gasteiger partial charge in [0.1, 0.15) is 5.82 Å². The molecule has 2 aromatic rings. The van der Waals surface area contributed by atoms with Gasteiger partial charge < -0.3 is 10.6 Å². The predicted octanol–water partition coefficient (Wildman–Crippen LogP) is 3.52. The normalized spacial score (nSPS) is 16.9. The number of carbonyl (C=O) groups excluding carboxylic acids is 1. The third kappa shape index (κ3) is 4.13. The molecule has 0 aliphatic carbocycles. The lowest BCUT2D eigenvalue weighted by molar-refractivity contribution is -0.111. The van der Waals surface area contributed by atoms with E-state index in [4.69, 9.17) is 11.6 Å². The molecule has 3 heterocycles. The zero-order valence-electron chi connectivity index (χ0n) is 13.9. The molecule has 3 rings (SSSR count). The van der Waals surface area contributed by atoms with Crippen LogP contribution in [-0.4, -0.2) is 28.5 Å². The molecular formula is C19H19ClN4O. The highest BCUT2D eigenvalue weighted by Gasteiger charge is 2.16. The highest BCUT2D eigenvalue weighted by atomic mass is 35.5. The molecule has 25 heavy (non-hydrogen) atoms. The first kappa shape index (κ1) is 17.3. The smallest absolute Gasteiger partial charge is 0.248 e. The molecule has 0 radical (unpaired) electrons.